The molecule has 0 spiro atoms. The van der Waals surface area contributed by atoms with E-state index in [0.29, 0.717) is 50.5 Å². The Hall–Kier alpha value is -2.66. The van der Waals surface area contributed by atoms with Crippen LogP contribution in [0.3, 0.4) is 0 Å². The normalized spacial score (nSPS) is 14.1. The van der Waals surface area contributed by atoms with E-state index < -0.39 is 0 Å². The third-order valence-electron chi connectivity index (χ3n) is 4.54. The summed E-state index contributed by atoms with van der Waals surface area (Å²) in [4.78, 5) is 29.1. The number of carbonyl (C=O) groups is 2. The minimum absolute atomic E-state index is 0.0472. The number of carbonyl (C=O) groups excluding carboxylic acids is 2. The van der Waals surface area contributed by atoms with E-state index in [2.05, 4.69) is 0 Å². The molecule has 5 nitrogen and oxygen atoms in total. The highest BCUT2D eigenvalue weighted by Gasteiger charge is 2.21. The zero-order valence-electron chi connectivity index (χ0n) is 15.1. The van der Waals surface area contributed by atoms with Gasteiger partial charge in [0.05, 0.1) is 13.2 Å². The summed E-state index contributed by atoms with van der Waals surface area (Å²) in [6.45, 7) is 5.42. The molecule has 2 aromatic carbocycles. The lowest BCUT2D eigenvalue weighted by Crippen LogP contribution is -2.40. The van der Waals surface area contributed by atoms with Crippen LogP contribution in [0.25, 0.3) is 0 Å². The van der Waals surface area contributed by atoms with Gasteiger partial charge in [0.15, 0.2) is 0 Å². The molecular formula is C21H24N2O3. The first-order chi connectivity index (χ1) is 12.7. The third kappa shape index (κ3) is 4.29. The molecule has 0 bridgehead atoms. The number of amides is 2. The second kappa shape index (κ2) is 8.63. The third-order valence-corrected chi connectivity index (χ3v) is 4.54. The zero-order valence-corrected chi connectivity index (χ0v) is 15.1. The molecule has 0 N–H and O–H groups in total. The van der Waals surface area contributed by atoms with Crippen molar-refractivity contribution >= 4 is 11.8 Å². The zero-order chi connectivity index (χ0) is 18.4. The fraction of sp³-hybridized carbons (Fsp3) is 0.333. The fourth-order valence-electron chi connectivity index (χ4n) is 3.05. The molecule has 136 valence electrons. The van der Waals surface area contributed by atoms with Crippen molar-refractivity contribution < 1.29 is 14.3 Å². The molecule has 1 aliphatic rings. The summed E-state index contributed by atoms with van der Waals surface area (Å²) < 4.78 is 5.30. The van der Waals surface area contributed by atoms with E-state index >= 15 is 0 Å². The molecule has 0 unspecified atom stereocenters. The van der Waals surface area contributed by atoms with Gasteiger partial charge in [0, 0.05) is 37.3 Å². The van der Waals surface area contributed by atoms with Crippen LogP contribution in [0, 0.1) is 0 Å². The topological polar surface area (TPSA) is 49.9 Å². The van der Waals surface area contributed by atoms with Crippen LogP contribution in [-0.2, 0) is 11.3 Å². The molecule has 0 saturated carbocycles. The fourth-order valence-corrected chi connectivity index (χ4v) is 3.05. The molecule has 2 aromatic rings. The Kier molecular flexibility index (Phi) is 6.02. The quantitative estimate of drug-likeness (QED) is 0.831. The van der Waals surface area contributed by atoms with Crippen molar-refractivity contribution in [3.05, 3.63) is 71.3 Å². The molecule has 0 aromatic heterocycles. The van der Waals surface area contributed by atoms with Gasteiger partial charge in [-0.15, -0.1) is 0 Å². The van der Waals surface area contributed by atoms with Crippen LogP contribution in [0.2, 0.25) is 0 Å². The molecule has 5 heteroatoms. The van der Waals surface area contributed by atoms with Gasteiger partial charge in [-0.25, -0.2) is 0 Å². The summed E-state index contributed by atoms with van der Waals surface area (Å²) in [6, 6.07) is 16.9. The van der Waals surface area contributed by atoms with Gasteiger partial charge in [0.25, 0.3) is 11.8 Å². The molecule has 0 atom stereocenters. The van der Waals surface area contributed by atoms with E-state index in [1.54, 1.807) is 34.1 Å². The Bertz CT molecular complexity index is 755. The monoisotopic (exact) mass is 352 g/mol. The van der Waals surface area contributed by atoms with Gasteiger partial charge in [-0.05, 0) is 30.7 Å². The molecule has 3 rings (SSSR count). The Labute approximate surface area is 154 Å². The summed E-state index contributed by atoms with van der Waals surface area (Å²) in [5.74, 6) is -0.109. The molecule has 1 aliphatic heterocycles. The summed E-state index contributed by atoms with van der Waals surface area (Å²) in [5, 5.41) is 0. The van der Waals surface area contributed by atoms with Crippen LogP contribution in [-0.4, -0.2) is 54.5 Å². The van der Waals surface area contributed by atoms with Gasteiger partial charge in [-0.2, -0.15) is 0 Å². The maximum absolute atomic E-state index is 12.9. The van der Waals surface area contributed by atoms with Crippen LogP contribution >= 0.6 is 0 Å². The van der Waals surface area contributed by atoms with Crippen molar-refractivity contribution in [2.24, 2.45) is 0 Å². The molecule has 0 aliphatic carbocycles. The Morgan fingerprint density at radius 1 is 1.00 bits per heavy atom. The Morgan fingerprint density at radius 2 is 1.69 bits per heavy atom. The molecule has 26 heavy (non-hydrogen) atoms. The SMILES string of the molecule is CCN(Cc1ccccc1)C(=O)c1cccc(C(=O)N2CCOCC2)c1. The maximum atomic E-state index is 12.9. The van der Waals surface area contributed by atoms with Crippen LogP contribution in [0.4, 0.5) is 0 Å². The molecular weight excluding hydrogens is 328 g/mol. The average molecular weight is 352 g/mol. The van der Waals surface area contributed by atoms with E-state index in [-0.39, 0.29) is 11.8 Å². The standard InChI is InChI=1S/C21H24N2O3/c1-2-22(16-17-7-4-3-5-8-17)20(24)18-9-6-10-19(15-18)21(25)23-11-13-26-14-12-23/h3-10,15H,2,11-14,16H2,1H3. The maximum Gasteiger partial charge on any atom is 0.254 e. The molecule has 2 amide bonds. The highest BCUT2D eigenvalue weighted by atomic mass is 16.5. The number of morpholine rings is 1. The van der Waals surface area contributed by atoms with Gasteiger partial charge in [-0.3, -0.25) is 9.59 Å². The van der Waals surface area contributed by atoms with Crippen LogP contribution in [0.5, 0.6) is 0 Å². The van der Waals surface area contributed by atoms with E-state index in [0.717, 1.165) is 5.56 Å². The Morgan fingerprint density at radius 3 is 2.38 bits per heavy atom. The van der Waals surface area contributed by atoms with Crippen molar-refractivity contribution in [1.82, 2.24) is 9.80 Å². The Balaban J connectivity index is 1.75. The number of benzene rings is 2. The highest BCUT2D eigenvalue weighted by molar-refractivity contribution is 5.99. The summed E-state index contributed by atoms with van der Waals surface area (Å²) in [7, 11) is 0. The van der Waals surface area contributed by atoms with Crippen molar-refractivity contribution in [1.29, 1.82) is 0 Å². The number of nitrogens with zero attached hydrogens (tertiary/aromatic N) is 2. The second-order valence-electron chi connectivity index (χ2n) is 6.29. The van der Waals surface area contributed by atoms with Crippen LogP contribution in [0.1, 0.15) is 33.2 Å². The highest BCUT2D eigenvalue weighted by Crippen LogP contribution is 2.14. The lowest BCUT2D eigenvalue weighted by Gasteiger charge is -2.27. The minimum atomic E-state index is -0.0621. The van der Waals surface area contributed by atoms with Gasteiger partial charge in [0.1, 0.15) is 0 Å². The minimum Gasteiger partial charge on any atom is -0.378 e. The van der Waals surface area contributed by atoms with E-state index in [1.807, 2.05) is 37.3 Å². The molecule has 0 radical (unpaired) electrons. The number of ether oxygens (including phenoxy) is 1. The van der Waals surface area contributed by atoms with Crippen molar-refractivity contribution in [3.8, 4) is 0 Å². The van der Waals surface area contributed by atoms with E-state index in [1.165, 1.54) is 0 Å². The van der Waals surface area contributed by atoms with Gasteiger partial charge < -0.3 is 14.5 Å². The van der Waals surface area contributed by atoms with E-state index in [4.69, 9.17) is 4.74 Å². The number of hydrogen-bond donors (Lipinski definition) is 0. The van der Waals surface area contributed by atoms with Crippen molar-refractivity contribution in [2.45, 2.75) is 13.5 Å². The molecule has 1 heterocycles. The van der Waals surface area contributed by atoms with Crippen molar-refractivity contribution in [3.63, 3.8) is 0 Å². The van der Waals surface area contributed by atoms with Gasteiger partial charge >= 0.3 is 0 Å². The molecule has 1 saturated heterocycles. The lowest BCUT2D eigenvalue weighted by molar-refractivity contribution is 0.0303. The second-order valence-corrected chi connectivity index (χ2v) is 6.29. The number of hydrogen-bond acceptors (Lipinski definition) is 3. The van der Waals surface area contributed by atoms with E-state index in [9.17, 15) is 9.59 Å². The predicted octanol–water partition coefficient (Wildman–Crippen LogP) is 2.82. The summed E-state index contributed by atoms with van der Waals surface area (Å²) in [5.41, 5.74) is 2.18. The first-order valence-corrected chi connectivity index (χ1v) is 8.99. The first kappa shape index (κ1) is 18.1. The molecule has 1 fully saturated rings. The summed E-state index contributed by atoms with van der Waals surface area (Å²) in [6.07, 6.45) is 0. The van der Waals surface area contributed by atoms with Crippen LogP contribution in [0.15, 0.2) is 54.6 Å². The average Bonchev–Trinajstić information content (AvgIpc) is 2.72. The van der Waals surface area contributed by atoms with Crippen molar-refractivity contribution in [2.75, 3.05) is 32.8 Å². The lowest BCUT2D eigenvalue weighted by atomic mass is 10.1. The van der Waals surface area contributed by atoms with Crippen LogP contribution < -0.4 is 0 Å². The summed E-state index contributed by atoms with van der Waals surface area (Å²) >= 11 is 0. The predicted molar refractivity (Wildman–Crippen MR) is 100 cm³/mol. The number of rotatable bonds is 5. The smallest absolute Gasteiger partial charge is 0.254 e. The largest absolute Gasteiger partial charge is 0.378 e. The first-order valence-electron chi connectivity index (χ1n) is 8.99. The van der Waals surface area contributed by atoms with Gasteiger partial charge in [-0.1, -0.05) is 36.4 Å². The van der Waals surface area contributed by atoms with Gasteiger partial charge in [0.2, 0.25) is 0 Å².